The molecule has 0 atom stereocenters. The average Bonchev–Trinajstić information content (AvgIpc) is 2.76. The topological polar surface area (TPSA) is 70.3 Å². The number of aromatic hydroxyl groups is 1. The second-order valence-electron chi connectivity index (χ2n) is 10.5. The molecule has 4 nitrogen and oxygen atoms in total. The number of phenolic OH excluding ortho intramolecular Hbond substituents is 1. The summed E-state index contributed by atoms with van der Waals surface area (Å²) in [6.07, 6.45) is 2.86. The van der Waals surface area contributed by atoms with Crippen molar-refractivity contribution in [2.45, 2.75) is 115 Å². The van der Waals surface area contributed by atoms with Gasteiger partial charge in [0.15, 0.2) is 0 Å². The first-order chi connectivity index (χ1) is 14.4. The predicted octanol–water partition coefficient (Wildman–Crippen LogP) is 7.86. The van der Waals surface area contributed by atoms with Crippen molar-refractivity contribution < 1.29 is 14.6 Å². The van der Waals surface area contributed by atoms with Gasteiger partial charge in [-0.3, -0.25) is 4.79 Å². The third-order valence-corrected chi connectivity index (χ3v) is 6.95. The maximum absolute atomic E-state index is 10.8. The van der Waals surface area contributed by atoms with E-state index in [0.717, 1.165) is 30.4 Å². The first-order valence-corrected chi connectivity index (χ1v) is 11.7. The quantitative estimate of drug-likeness (QED) is 0.466. The van der Waals surface area contributed by atoms with Crippen molar-refractivity contribution in [2.75, 3.05) is 7.11 Å². The number of nitriles is 1. The van der Waals surface area contributed by atoms with Crippen molar-refractivity contribution in [1.82, 2.24) is 0 Å². The smallest absolute Gasteiger partial charge is 0.311 e. The molecular formula is C28H49NO3. The fourth-order valence-electron chi connectivity index (χ4n) is 2.98. The van der Waals surface area contributed by atoms with Crippen molar-refractivity contribution in [2.24, 2.45) is 10.8 Å². The molecule has 1 aromatic rings. The number of phenols is 1. The zero-order chi connectivity index (χ0) is 26.1. The molecule has 32 heavy (non-hydrogen) atoms. The summed E-state index contributed by atoms with van der Waals surface area (Å²) < 4.78 is 4.57. The maximum Gasteiger partial charge on any atom is 0.311 e. The molecule has 0 unspecified atom stereocenters. The highest BCUT2D eigenvalue weighted by Crippen LogP contribution is 2.39. The molecule has 0 saturated carbocycles. The number of benzene rings is 1. The average molecular weight is 448 g/mol. The van der Waals surface area contributed by atoms with Crippen LogP contribution in [0.25, 0.3) is 0 Å². The second-order valence-corrected chi connectivity index (χ2v) is 10.5. The Kier molecular flexibility index (Phi) is 12.9. The normalized spacial score (nSPS) is 11.4. The Bertz CT molecular complexity index is 767. The van der Waals surface area contributed by atoms with Gasteiger partial charge >= 0.3 is 5.97 Å². The third kappa shape index (κ3) is 8.85. The van der Waals surface area contributed by atoms with E-state index in [1.54, 1.807) is 0 Å². The third-order valence-electron chi connectivity index (χ3n) is 6.95. The van der Waals surface area contributed by atoms with Gasteiger partial charge in [-0.2, -0.15) is 5.26 Å². The van der Waals surface area contributed by atoms with Crippen molar-refractivity contribution in [3.8, 4) is 11.8 Å². The van der Waals surface area contributed by atoms with Crippen LogP contribution in [-0.2, 0) is 14.9 Å². The zero-order valence-corrected chi connectivity index (χ0v) is 23.3. The molecule has 0 amide bonds. The number of ether oxygens (including phenoxy) is 1. The fraction of sp³-hybridized carbons (Fsp3) is 0.714. The SMILES string of the molecule is CCC(C)(C)C#N.CCC(C)(C)C(=O)OC.CCC(C)(C)c1c(C)c(C)c(O)c(C)c1C. The van der Waals surface area contributed by atoms with Gasteiger partial charge < -0.3 is 9.84 Å². The van der Waals surface area contributed by atoms with E-state index in [1.807, 2.05) is 55.4 Å². The minimum Gasteiger partial charge on any atom is -0.507 e. The molecule has 1 aromatic carbocycles. The number of carbonyl (C=O) groups excluding carboxylic acids is 1. The van der Waals surface area contributed by atoms with Crippen molar-refractivity contribution in [3.63, 3.8) is 0 Å². The van der Waals surface area contributed by atoms with E-state index in [-0.39, 0.29) is 22.2 Å². The summed E-state index contributed by atoms with van der Waals surface area (Å²) in [6.45, 7) is 26.6. The molecule has 184 valence electrons. The maximum atomic E-state index is 10.8. The van der Waals surface area contributed by atoms with Crippen LogP contribution in [0.1, 0.15) is 109 Å². The van der Waals surface area contributed by atoms with Gasteiger partial charge in [0.05, 0.1) is 24.0 Å². The van der Waals surface area contributed by atoms with Crippen LogP contribution in [0.2, 0.25) is 0 Å². The summed E-state index contributed by atoms with van der Waals surface area (Å²) in [5.41, 5.74) is 5.70. The monoisotopic (exact) mass is 447 g/mol. The summed E-state index contributed by atoms with van der Waals surface area (Å²) in [5.74, 6) is 0.329. The van der Waals surface area contributed by atoms with Crippen LogP contribution in [0.4, 0.5) is 0 Å². The predicted molar refractivity (Wildman–Crippen MR) is 136 cm³/mol. The van der Waals surface area contributed by atoms with Crippen molar-refractivity contribution in [3.05, 3.63) is 27.8 Å². The molecule has 0 aliphatic heterocycles. The molecule has 0 spiro atoms. The van der Waals surface area contributed by atoms with Crippen LogP contribution >= 0.6 is 0 Å². The highest BCUT2D eigenvalue weighted by molar-refractivity contribution is 5.75. The van der Waals surface area contributed by atoms with E-state index < -0.39 is 0 Å². The van der Waals surface area contributed by atoms with Crippen LogP contribution in [-0.4, -0.2) is 18.2 Å². The van der Waals surface area contributed by atoms with Crippen molar-refractivity contribution >= 4 is 5.97 Å². The molecule has 0 bridgehead atoms. The van der Waals surface area contributed by atoms with E-state index in [9.17, 15) is 9.90 Å². The van der Waals surface area contributed by atoms with Gasteiger partial charge in [0.25, 0.3) is 0 Å². The summed E-state index contributed by atoms with van der Waals surface area (Å²) in [5, 5.41) is 18.4. The van der Waals surface area contributed by atoms with Gasteiger partial charge in [-0.25, -0.2) is 0 Å². The first-order valence-electron chi connectivity index (χ1n) is 11.7. The number of hydrogen-bond acceptors (Lipinski definition) is 4. The number of esters is 1. The number of rotatable bonds is 5. The Hall–Kier alpha value is -2.02. The number of hydrogen-bond donors (Lipinski definition) is 1. The van der Waals surface area contributed by atoms with Gasteiger partial charge in [-0.15, -0.1) is 0 Å². The molecule has 0 radical (unpaired) electrons. The van der Waals surface area contributed by atoms with Gasteiger partial charge in [0.1, 0.15) is 5.75 Å². The highest BCUT2D eigenvalue weighted by atomic mass is 16.5. The molecule has 1 N–H and O–H groups in total. The summed E-state index contributed by atoms with van der Waals surface area (Å²) >= 11 is 0. The van der Waals surface area contributed by atoms with Crippen LogP contribution in [0.5, 0.6) is 5.75 Å². The molecule has 0 aliphatic rings. The molecule has 0 fully saturated rings. The van der Waals surface area contributed by atoms with Crippen LogP contribution in [0.15, 0.2) is 0 Å². The van der Waals surface area contributed by atoms with Gasteiger partial charge in [0.2, 0.25) is 0 Å². The lowest BCUT2D eigenvalue weighted by Crippen LogP contribution is -2.24. The Balaban J connectivity index is 0. The van der Waals surface area contributed by atoms with Crippen LogP contribution in [0, 0.1) is 49.9 Å². The molecular weight excluding hydrogens is 398 g/mol. The number of carbonyl (C=O) groups is 1. The summed E-state index contributed by atoms with van der Waals surface area (Å²) in [4.78, 5) is 10.8. The lowest BCUT2D eigenvalue weighted by molar-refractivity contribution is -0.150. The molecule has 0 aromatic heterocycles. The molecule has 4 heteroatoms. The molecule has 1 rings (SSSR count). The molecule has 0 heterocycles. The largest absolute Gasteiger partial charge is 0.507 e. The van der Waals surface area contributed by atoms with E-state index in [0.29, 0.717) is 5.75 Å². The highest BCUT2D eigenvalue weighted by Gasteiger charge is 2.26. The minimum absolute atomic E-state index is 0.111. The van der Waals surface area contributed by atoms with E-state index >= 15 is 0 Å². The van der Waals surface area contributed by atoms with Gasteiger partial charge in [0, 0.05) is 0 Å². The van der Waals surface area contributed by atoms with Crippen LogP contribution in [0.3, 0.4) is 0 Å². The zero-order valence-electron chi connectivity index (χ0n) is 23.3. The Morgan fingerprint density at radius 3 is 1.44 bits per heavy atom. The lowest BCUT2D eigenvalue weighted by Gasteiger charge is -2.30. The summed E-state index contributed by atoms with van der Waals surface area (Å²) in [7, 11) is 1.42. The standard InChI is InChI=1S/C15H24O.C7H14O2.C6H11N/c1-8-15(6,7)13-9(2)11(4)14(16)12(5)10(13)3;1-5-7(2,3)6(8)9-4;1-4-6(2,3)5-7/h16H,8H2,1-7H3;5H2,1-4H3;4H2,1-3H3. The van der Waals surface area contributed by atoms with Crippen molar-refractivity contribution in [1.29, 1.82) is 5.26 Å². The Labute approximate surface area is 198 Å². The Morgan fingerprint density at radius 2 is 1.25 bits per heavy atom. The second kappa shape index (κ2) is 12.9. The van der Waals surface area contributed by atoms with E-state index in [4.69, 9.17) is 5.26 Å². The first kappa shape index (κ1) is 32.2. The van der Waals surface area contributed by atoms with Gasteiger partial charge in [-0.05, 0) is 108 Å². The molecule has 0 saturated heterocycles. The Morgan fingerprint density at radius 1 is 0.844 bits per heavy atom. The fourth-order valence-corrected chi connectivity index (χ4v) is 2.98. The van der Waals surface area contributed by atoms with E-state index in [1.165, 1.54) is 23.8 Å². The minimum atomic E-state index is -0.311. The number of methoxy groups -OCH3 is 1. The molecule has 0 aliphatic carbocycles. The number of nitrogens with zero attached hydrogens (tertiary/aromatic N) is 1. The summed E-state index contributed by atoms with van der Waals surface area (Å²) in [6, 6.07) is 2.19. The van der Waals surface area contributed by atoms with Gasteiger partial charge in [-0.1, -0.05) is 34.6 Å². The lowest BCUT2D eigenvalue weighted by atomic mass is 9.75. The van der Waals surface area contributed by atoms with Crippen LogP contribution < -0.4 is 0 Å². The van der Waals surface area contributed by atoms with E-state index in [2.05, 4.69) is 45.4 Å².